The lowest BCUT2D eigenvalue weighted by atomic mass is 10.3. The second-order valence-electron chi connectivity index (χ2n) is 2.76. The van der Waals surface area contributed by atoms with Gasteiger partial charge in [-0.05, 0) is 24.3 Å². The van der Waals surface area contributed by atoms with Crippen molar-refractivity contribution in [2.45, 2.75) is 0 Å². The van der Waals surface area contributed by atoms with Crippen LogP contribution in [0.3, 0.4) is 0 Å². The Morgan fingerprint density at radius 2 is 2.13 bits per heavy atom. The van der Waals surface area contributed by atoms with Gasteiger partial charge in [-0.15, -0.1) is 0 Å². The molecule has 1 aromatic carbocycles. The van der Waals surface area contributed by atoms with E-state index >= 15 is 0 Å². The molecule has 0 aromatic heterocycles. The minimum absolute atomic E-state index is 0.0161. The molecule has 0 aliphatic rings. The van der Waals surface area contributed by atoms with Crippen molar-refractivity contribution in [1.82, 2.24) is 5.32 Å². The van der Waals surface area contributed by atoms with E-state index in [1.54, 1.807) is 18.4 Å². The lowest BCUT2D eigenvalue weighted by Gasteiger charge is -2.07. The van der Waals surface area contributed by atoms with E-state index in [0.717, 1.165) is 0 Å². The quantitative estimate of drug-likeness (QED) is 0.483. The Morgan fingerprint density at radius 1 is 1.47 bits per heavy atom. The van der Waals surface area contributed by atoms with Crippen LogP contribution in [0.25, 0.3) is 0 Å². The minimum atomic E-state index is -0.0161. The third-order valence-corrected chi connectivity index (χ3v) is 1.59. The third kappa shape index (κ3) is 4.12. The lowest BCUT2D eigenvalue weighted by molar-refractivity contribution is 0.370. The summed E-state index contributed by atoms with van der Waals surface area (Å²) in [5.41, 5.74) is 0. The second kappa shape index (κ2) is 5.64. The molecule has 15 heavy (non-hydrogen) atoms. The summed E-state index contributed by atoms with van der Waals surface area (Å²) in [7, 11) is 0. The van der Waals surface area contributed by atoms with Crippen LogP contribution in [0.2, 0.25) is 0 Å². The number of carbonyl (C=O) groups excluding carboxylic acids is 1. The Labute approximate surface area is 87.2 Å². The zero-order chi connectivity index (χ0) is 11.1. The van der Waals surface area contributed by atoms with Gasteiger partial charge in [0.2, 0.25) is 6.29 Å². The van der Waals surface area contributed by atoms with Crippen molar-refractivity contribution in [3.63, 3.8) is 0 Å². The first-order valence-corrected chi connectivity index (χ1v) is 4.30. The molecule has 0 saturated carbocycles. The number of hydrogen-bond donors (Lipinski definition) is 3. The molecule has 5 heteroatoms. The topological polar surface area (TPSA) is 82.4 Å². The number of hydrogen-bond acceptors (Lipinski definition) is 4. The molecular weight excluding hydrogens is 196 g/mol. The zero-order valence-electron chi connectivity index (χ0n) is 7.99. The molecule has 0 aliphatic carbocycles. The summed E-state index contributed by atoms with van der Waals surface area (Å²) in [6, 6.07) is 6.17. The molecule has 0 fully saturated rings. The SMILES string of the molecule is N=C(COc1ccc(O)cc1)NC[C]=O. The predicted molar refractivity (Wildman–Crippen MR) is 55.0 cm³/mol. The van der Waals surface area contributed by atoms with E-state index in [2.05, 4.69) is 5.32 Å². The molecule has 0 atom stereocenters. The molecule has 1 aromatic rings. The molecule has 0 heterocycles. The molecule has 79 valence electrons. The molecule has 0 spiro atoms. The van der Waals surface area contributed by atoms with Crippen LogP contribution in [0.1, 0.15) is 0 Å². The van der Waals surface area contributed by atoms with Crippen molar-refractivity contribution < 1.29 is 14.6 Å². The highest BCUT2D eigenvalue weighted by Crippen LogP contribution is 2.15. The highest BCUT2D eigenvalue weighted by molar-refractivity contribution is 5.82. The molecule has 0 unspecified atom stereocenters. The molecule has 0 aliphatic heterocycles. The van der Waals surface area contributed by atoms with Crippen LogP contribution in [0, 0.1) is 5.41 Å². The summed E-state index contributed by atoms with van der Waals surface area (Å²) >= 11 is 0. The highest BCUT2D eigenvalue weighted by Gasteiger charge is 1.98. The van der Waals surface area contributed by atoms with Crippen molar-refractivity contribution >= 4 is 12.1 Å². The monoisotopic (exact) mass is 207 g/mol. The molecule has 0 bridgehead atoms. The van der Waals surface area contributed by atoms with Gasteiger partial charge in [0.25, 0.3) is 0 Å². The fraction of sp³-hybridized carbons (Fsp3) is 0.200. The van der Waals surface area contributed by atoms with Gasteiger partial charge < -0.3 is 15.2 Å². The van der Waals surface area contributed by atoms with Gasteiger partial charge in [-0.3, -0.25) is 10.2 Å². The first-order valence-electron chi connectivity index (χ1n) is 4.30. The molecule has 5 nitrogen and oxygen atoms in total. The first-order chi connectivity index (χ1) is 7.22. The summed E-state index contributed by atoms with van der Waals surface area (Å²) in [6.45, 7) is 0.0320. The van der Waals surface area contributed by atoms with Crippen LogP contribution in [-0.4, -0.2) is 30.4 Å². The molecule has 1 rings (SSSR count). The van der Waals surface area contributed by atoms with Crippen molar-refractivity contribution in [3.8, 4) is 11.5 Å². The van der Waals surface area contributed by atoms with E-state index in [1.165, 1.54) is 12.1 Å². The van der Waals surface area contributed by atoms with E-state index in [9.17, 15) is 4.79 Å². The van der Waals surface area contributed by atoms with Crippen molar-refractivity contribution in [3.05, 3.63) is 24.3 Å². The van der Waals surface area contributed by atoms with Crippen LogP contribution >= 0.6 is 0 Å². The number of nitrogens with one attached hydrogen (secondary N) is 2. The normalized spacial score (nSPS) is 9.33. The number of rotatable bonds is 5. The zero-order valence-corrected chi connectivity index (χ0v) is 7.99. The van der Waals surface area contributed by atoms with E-state index in [4.69, 9.17) is 15.3 Å². The van der Waals surface area contributed by atoms with Crippen LogP contribution in [0.5, 0.6) is 11.5 Å². The van der Waals surface area contributed by atoms with Gasteiger partial charge in [0.1, 0.15) is 23.9 Å². The van der Waals surface area contributed by atoms with Gasteiger partial charge in [0.15, 0.2) is 0 Å². The fourth-order valence-electron chi connectivity index (χ4n) is 0.892. The van der Waals surface area contributed by atoms with Crippen LogP contribution < -0.4 is 10.1 Å². The number of phenols is 1. The largest absolute Gasteiger partial charge is 0.508 e. The highest BCUT2D eigenvalue weighted by atomic mass is 16.5. The average molecular weight is 207 g/mol. The first kappa shape index (κ1) is 11.0. The molecule has 0 amide bonds. The average Bonchev–Trinajstić information content (AvgIpc) is 2.25. The van der Waals surface area contributed by atoms with Gasteiger partial charge in [-0.1, -0.05) is 0 Å². The molecule has 3 N–H and O–H groups in total. The maximum Gasteiger partial charge on any atom is 0.219 e. The Hall–Kier alpha value is -2.04. The van der Waals surface area contributed by atoms with Gasteiger partial charge in [0, 0.05) is 0 Å². The van der Waals surface area contributed by atoms with E-state index in [-0.39, 0.29) is 24.7 Å². The van der Waals surface area contributed by atoms with E-state index in [1.807, 2.05) is 0 Å². The number of aromatic hydroxyl groups is 1. The standard InChI is InChI=1S/C10H11N2O3/c11-10(12-5-6-13)7-15-9-3-1-8(14)2-4-9/h1-4,14H,5,7H2,(H2,11,12). The molecule has 0 saturated heterocycles. The fourth-order valence-corrected chi connectivity index (χ4v) is 0.892. The summed E-state index contributed by atoms with van der Waals surface area (Å²) < 4.78 is 5.19. The van der Waals surface area contributed by atoms with Crippen LogP contribution in [0.15, 0.2) is 24.3 Å². The maximum absolute atomic E-state index is 9.87. The van der Waals surface area contributed by atoms with Gasteiger partial charge in [0.05, 0.1) is 6.54 Å². The van der Waals surface area contributed by atoms with Crippen molar-refractivity contribution in [2.24, 2.45) is 0 Å². The second-order valence-corrected chi connectivity index (χ2v) is 2.76. The van der Waals surface area contributed by atoms with Gasteiger partial charge >= 0.3 is 0 Å². The molecular formula is C10H11N2O3. The van der Waals surface area contributed by atoms with Crippen molar-refractivity contribution in [2.75, 3.05) is 13.2 Å². The number of amidine groups is 1. The van der Waals surface area contributed by atoms with Crippen LogP contribution in [0.4, 0.5) is 0 Å². The Kier molecular flexibility index (Phi) is 4.15. The van der Waals surface area contributed by atoms with E-state index < -0.39 is 0 Å². The Balaban J connectivity index is 2.33. The van der Waals surface area contributed by atoms with Gasteiger partial charge in [-0.25, -0.2) is 0 Å². The third-order valence-electron chi connectivity index (χ3n) is 1.59. The molecule has 1 radical (unpaired) electrons. The lowest BCUT2D eigenvalue weighted by Crippen LogP contribution is -2.29. The number of benzene rings is 1. The number of phenolic OH excluding ortho intramolecular Hbond substituents is 1. The number of ether oxygens (including phenoxy) is 1. The Morgan fingerprint density at radius 3 is 2.73 bits per heavy atom. The minimum Gasteiger partial charge on any atom is -0.508 e. The van der Waals surface area contributed by atoms with E-state index in [0.29, 0.717) is 5.75 Å². The summed E-state index contributed by atoms with van der Waals surface area (Å²) in [5, 5.41) is 18.8. The summed E-state index contributed by atoms with van der Waals surface area (Å²) in [5.74, 6) is 0.812. The smallest absolute Gasteiger partial charge is 0.219 e. The predicted octanol–water partition coefficient (Wildman–Crippen LogP) is 0.448. The van der Waals surface area contributed by atoms with Crippen LogP contribution in [-0.2, 0) is 4.79 Å². The summed E-state index contributed by atoms with van der Waals surface area (Å²) in [4.78, 5) is 9.87. The Bertz CT molecular complexity index is 335. The van der Waals surface area contributed by atoms with Crippen molar-refractivity contribution in [1.29, 1.82) is 5.41 Å². The summed E-state index contributed by atoms with van der Waals surface area (Å²) in [6.07, 6.45) is 1.61. The van der Waals surface area contributed by atoms with Gasteiger partial charge in [-0.2, -0.15) is 0 Å². The maximum atomic E-state index is 9.87.